The van der Waals surface area contributed by atoms with E-state index in [0.29, 0.717) is 17.2 Å². The van der Waals surface area contributed by atoms with E-state index in [1.807, 2.05) is 34.9 Å². The third kappa shape index (κ3) is 3.27. The van der Waals surface area contributed by atoms with E-state index in [4.69, 9.17) is 0 Å². The monoisotopic (exact) mass is 369 g/mol. The highest BCUT2D eigenvalue weighted by Gasteiger charge is 2.19. The minimum atomic E-state index is -0.0799. The number of benzene rings is 2. The first-order valence-electron chi connectivity index (χ1n) is 9.18. The lowest BCUT2D eigenvalue weighted by molar-refractivity contribution is -0.267. The van der Waals surface area contributed by atoms with Crippen molar-refractivity contribution in [1.29, 1.82) is 0 Å². The first-order valence-corrected chi connectivity index (χ1v) is 9.18. The van der Waals surface area contributed by atoms with Crippen molar-refractivity contribution in [3.63, 3.8) is 0 Å². The fourth-order valence-electron chi connectivity index (χ4n) is 3.15. The topological polar surface area (TPSA) is 66.7 Å². The first kappa shape index (κ1) is 17.9. The average Bonchev–Trinajstić information content (AvgIpc) is 3.13. The number of nitrogens with zero attached hydrogens (tertiary/aromatic N) is 4. The van der Waals surface area contributed by atoms with Crippen LogP contribution in [-0.2, 0) is 5.41 Å². The summed E-state index contributed by atoms with van der Waals surface area (Å²) in [6.45, 7) is 6.55. The largest absolute Gasteiger partial charge is 0.872 e. The van der Waals surface area contributed by atoms with E-state index >= 15 is 0 Å². The van der Waals surface area contributed by atoms with Gasteiger partial charge in [-0.25, -0.2) is 0 Å². The summed E-state index contributed by atoms with van der Waals surface area (Å²) in [5.74, 6) is 1.12. The van der Waals surface area contributed by atoms with Crippen LogP contribution >= 0.6 is 0 Å². The quantitative estimate of drug-likeness (QED) is 0.538. The highest BCUT2D eigenvalue weighted by atomic mass is 16.3. The summed E-state index contributed by atoms with van der Waals surface area (Å²) in [4.78, 5) is 4.08. The maximum absolute atomic E-state index is 12.4. The highest BCUT2D eigenvalue weighted by Crippen LogP contribution is 2.32. The molecule has 0 amide bonds. The maximum atomic E-state index is 12.4. The van der Waals surface area contributed by atoms with E-state index in [2.05, 4.69) is 48.1 Å². The normalized spacial score (nSPS) is 11.5. The molecule has 2 aromatic carbocycles. The van der Waals surface area contributed by atoms with Crippen LogP contribution in [-0.4, -0.2) is 19.7 Å². The molecule has 5 heteroatoms. The molecule has 0 unspecified atom stereocenters. The molecule has 2 heterocycles. The summed E-state index contributed by atoms with van der Waals surface area (Å²) in [6, 6.07) is 19.0. The fraction of sp³-hybridized carbons (Fsp3) is 0.174. The highest BCUT2D eigenvalue weighted by molar-refractivity contribution is 5.70. The van der Waals surface area contributed by atoms with E-state index < -0.39 is 0 Å². The van der Waals surface area contributed by atoms with Gasteiger partial charge in [-0.2, -0.15) is 0 Å². The molecule has 0 saturated heterocycles. The van der Waals surface area contributed by atoms with Crippen molar-refractivity contribution in [2.24, 2.45) is 0 Å². The third-order valence-corrected chi connectivity index (χ3v) is 4.72. The van der Waals surface area contributed by atoms with Gasteiger partial charge in [-0.1, -0.05) is 62.9 Å². The van der Waals surface area contributed by atoms with Crippen LogP contribution in [0.4, 0.5) is 0 Å². The van der Waals surface area contributed by atoms with Gasteiger partial charge in [0, 0.05) is 29.2 Å². The molecule has 0 radical (unpaired) electrons. The van der Waals surface area contributed by atoms with Crippen molar-refractivity contribution in [2.75, 3.05) is 0 Å². The summed E-state index contributed by atoms with van der Waals surface area (Å²) in [5, 5.41) is 21.2. The minimum Gasteiger partial charge on any atom is -0.872 e. The van der Waals surface area contributed by atoms with Crippen LogP contribution in [0.25, 0.3) is 28.5 Å². The van der Waals surface area contributed by atoms with Crippen LogP contribution in [0.1, 0.15) is 26.3 Å². The number of aromatic nitrogens is 4. The Morgan fingerprint density at radius 3 is 2.07 bits per heavy atom. The minimum absolute atomic E-state index is 0.0596. The molecule has 140 valence electrons. The van der Waals surface area contributed by atoms with Gasteiger partial charge in [-0.15, -0.1) is 10.2 Å². The maximum Gasteiger partial charge on any atom is 0.168 e. The Balaban J connectivity index is 1.93. The van der Waals surface area contributed by atoms with Crippen LogP contribution in [0.5, 0.6) is 5.75 Å². The molecule has 0 N–H and O–H groups in total. The van der Waals surface area contributed by atoms with Crippen molar-refractivity contribution >= 4 is 0 Å². The number of para-hydroxylation sites is 1. The molecular weight excluding hydrogens is 348 g/mol. The predicted octanol–water partition coefficient (Wildman–Crippen LogP) is 4.37. The second-order valence-electron chi connectivity index (χ2n) is 7.71. The molecule has 2 aromatic heterocycles. The number of rotatable bonds is 3. The van der Waals surface area contributed by atoms with Gasteiger partial charge >= 0.3 is 0 Å². The fourth-order valence-corrected chi connectivity index (χ4v) is 3.15. The van der Waals surface area contributed by atoms with Crippen LogP contribution in [0, 0.1) is 0 Å². The summed E-state index contributed by atoms with van der Waals surface area (Å²) in [7, 11) is 0. The molecule has 0 bridgehead atoms. The van der Waals surface area contributed by atoms with Crippen molar-refractivity contribution in [3.8, 4) is 34.2 Å². The molecule has 0 aliphatic carbocycles. The van der Waals surface area contributed by atoms with Gasteiger partial charge in [0.25, 0.3) is 0 Å². The van der Waals surface area contributed by atoms with E-state index in [1.165, 1.54) is 5.56 Å². The Morgan fingerprint density at radius 1 is 0.786 bits per heavy atom. The zero-order valence-electron chi connectivity index (χ0n) is 16.1. The molecule has 0 atom stereocenters. The van der Waals surface area contributed by atoms with E-state index in [0.717, 1.165) is 11.3 Å². The Labute approximate surface area is 164 Å². The second kappa shape index (κ2) is 6.93. The van der Waals surface area contributed by atoms with Gasteiger partial charge in [-0.05, 0) is 35.2 Å². The zero-order valence-corrected chi connectivity index (χ0v) is 16.1. The van der Waals surface area contributed by atoms with Crippen molar-refractivity contribution in [3.05, 3.63) is 78.6 Å². The van der Waals surface area contributed by atoms with Crippen LogP contribution < -0.4 is 5.11 Å². The number of hydrogen-bond acceptors (Lipinski definition) is 4. The molecule has 4 rings (SSSR count). The average molecular weight is 369 g/mol. The molecule has 5 nitrogen and oxygen atoms in total. The Hall–Kier alpha value is -3.47. The summed E-state index contributed by atoms with van der Waals surface area (Å²) in [6.07, 6.45) is 3.44. The molecule has 0 saturated carbocycles. The predicted molar refractivity (Wildman–Crippen MR) is 108 cm³/mol. The van der Waals surface area contributed by atoms with E-state index in [9.17, 15) is 5.11 Å². The zero-order chi connectivity index (χ0) is 19.7. The molecule has 0 spiro atoms. The van der Waals surface area contributed by atoms with Gasteiger partial charge in [0.2, 0.25) is 0 Å². The van der Waals surface area contributed by atoms with Crippen molar-refractivity contribution in [2.45, 2.75) is 26.2 Å². The lowest BCUT2D eigenvalue weighted by atomic mass is 9.87. The van der Waals surface area contributed by atoms with Crippen LogP contribution in [0.2, 0.25) is 0 Å². The third-order valence-electron chi connectivity index (χ3n) is 4.72. The van der Waals surface area contributed by atoms with Crippen molar-refractivity contribution in [1.82, 2.24) is 19.7 Å². The van der Waals surface area contributed by atoms with Gasteiger partial charge in [-0.3, -0.25) is 9.55 Å². The molecule has 0 aliphatic heterocycles. The van der Waals surface area contributed by atoms with E-state index in [1.54, 1.807) is 30.6 Å². The number of hydrogen-bond donors (Lipinski definition) is 0. The Kier molecular flexibility index (Phi) is 4.43. The lowest BCUT2D eigenvalue weighted by Crippen LogP contribution is -2.11. The van der Waals surface area contributed by atoms with Gasteiger partial charge in [0.15, 0.2) is 11.6 Å². The van der Waals surface area contributed by atoms with E-state index in [-0.39, 0.29) is 11.2 Å². The summed E-state index contributed by atoms with van der Waals surface area (Å²) in [5.41, 5.74) is 3.61. The molecule has 0 aliphatic rings. The standard InChI is InChI=1S/C23H22N4O/c1-23(2,3)17-8-10-18(11-9-17)27-21(16-12-14-24-15-13-16)25-26-22(27)19-6-4-5-7-20(19)28/h4-15,28H,1-3H3/p-1. The summed E-state index contributed by atoms with van der Waals surface area (Å²) >= 11 is 0. The van der Waals surface area contributed by atoms with Gasteiger partial charge in [0.1, 0.15) is 0 Å². The molecule has 28 heavy (non-hydrogen) atoms. The second-order valence-corrected chi connectivity index (χ2v) is 7.71. The lowest BCUT2D eigenvalue weighted by Gasteiger charge is -2.20. The van der Waals surface area contributed by atoms with Gasteiger partial charge < -0.3 is 5.11 Å². The summed E-state index contributed by atoms with van der Waals surface area (Å²) < 4.78 is 1.93. The van der Waals surface area contributed by atoms with Crippen LogP contribution in [0.15, 0.2) is 73.1 Å². The number of pyridine rings is 1. The van der Waals surface area contributed by atoms with Gasteiger partial charge in [0.05, 0.1) is 0 Å². The smallest absolute Gasteiger partial charge is 0.168 e. The molecule has 0 fully saturated rings. The Morgan fingerprint density at radius 2 is 1.43 bits per heavy atom. The van der Waals surface area contributed by atoms with Crippen molar-refractivity contribution < 1.29 is 5.11 Å². The Bertz CT molecular complexity index is 1090. The van der Waals surface area contributed by atoms with Crippen LogP contribution in [0.3, 0.4) is 0 Å². The SMILES string of the molecule is CC(C)(C)c1ccc(-n2c(-c3ccncc3)nnc2-c2ccccc2[O-])cc1. The first-order chi connectivity index (χ1) is 13.4. The molecular formula is C23H21N4O-. The molecule has 4 aromatic rings.